The Balaban J connectivity index is 1.34. The monoisotopic (exact) mass is 519 g/mol. The number of thioether (sulfide) groups is 1. The summed E-state index contributed by atoms with van der Waals surface area (Å²) < 4.78 is 8.00. The number of nitrogens with zero attached hydrogens (tertiary/aromatic N) is 3. The Labute approximate surface area is 225 Å². The number of hydrogen-bond acceptors (Lipinski definition) is 5. The Morgan fingerprint density at radius 2 is 1.53 bits per heavy atom. The summed E-state index contributed by atoms with van der Waals surface area (Å²) in [5.74, 6) is 1.07. The fraction of sp³-hybridized carbons (Fsp3) is 0.129. The first-order valence-electron chi connectivity index (χ1n) is 12.1. The van der Waals surface area contributed by atoms with E-state index in [1.165, 1.54) is 4.90 Å². The molecule has 5 rings (SSSR count). The number of imide groups is 1. The lowest BCUT2D eigenvalue weighted by molar-refractivity contribution is -0.123. The van der Waals surface area contributed by atoms with Crippen LogP contribution in [0.25, 0.3) is 11.8 Å². The van der Waals surface area contributed by atoms with Crippen LogP contribution in [0.2, 0.25) is 0 Å². The number of nitriles is 1. The number of carbonyl (C=O) groups is 2. The highest BCUT2D eigenvalue weighted by Gasteiger charge is 2.35. The van der Waals surface area contributed by atoms with Gasteiger partial charge in [0.25, 0.3) is 11.1 Å². The summed E-state index contributed by atoms with van der Waals surface area (Å²) >= 11 is 0.979. The van der Waals surface area contributed by atoms with Crippen LogP contribution in [0, 0.1) is 32.1 Å². The molecule has 2 amide bonds. The van der Waals surface area contributed by atoms with Crippen LogP contribution < -0.4 is 4.74 Å². The summed E-state index contributed by atoms with van der Waals surface area (Å²) in [4.78, 5) is 27.4. The molecule has 1 aliphatic heterocycles. The zero-order valence-electron chi connectivity index (χ0n) is 21.3. The van der Waals surface area contributed by atoms with Gasteiger partial charge in [-0.15, -0.1) is 0 Å². The molecule has 1 saturated heterocycles. The molecule has 0 bridgehead atoms. The maximum Gasteiger partial charge on any atom is 0.293 e. The molecule has 3 aromatic carbocycles. The maximum atomic E-state index is 13.1. The third-order valence-corrected chi connectivity index (χ3v) is 7.31. The Kier molecular flexibility index (Phi) is 6.91. The lowest BCUT2D eigenvalue weighted by atomic mass is 10.1. The molecule has 0 atom stereocenters. The quantitative estimate of drug-likeness (QED) is 0.250. The molecule has 2 heterocycles. The summed E-state index contributed by atoms with van der Waals surface area (Å²) in [5.41, 5.74) is 6.45. The van der Waals surface area contributed by atoms with E-state index < -0.39 is 0 Å². The van der Waals surface area contributed by atoms with E-state index in [-0.39, 0.29) is 17.7 Å². The molecule has 4 aromatic rings. The van der Waals surface area contributed by atoms with Crippen LogP contribution in [-0.2, 0) is 11.3 Å². The van der Waals surface area contributed by atoms with Gasteiger partial charge in [0.2, 0.25) is 0 Å². The predicted octanol–water partition coefficient (Wildman–Crippen LogP) is 7.30. The average Bonchev–Trinajstić information content (AvgIpc) is 3.34. The lowest BCUT2D eigenvalue weighted by Gasteiger charge is -2.12. The van der Waals surface area contributed by atoms with Crippen molar-refractivity contribution in [2.75, 3.05) is 0 Å². The van der Waals surface area contributed by atoms with E-state index >= 15 is 0 Å². The van der Waals surface area contributed by atoms with Crippen LogP contribution in [0.15, 0.2) is 83.8 Å². The fourth-order valence-corrected chi connectivity index (χ4v) is 5.21. The standard InChI is InChI=1S/C31H25N3O3S/c1-20-4-6-24(7-5-20)19-33-30(35)29(38-31(33)36)17-25-16-21(2)34(22(25)3)26-10-14-28(15-11-26)37-27-12-8-23(18-32)9-13-27/h4-17H,19H2,1-3H3/b29-17-. The molecular weight excluding hydrogens is 494 g/mol. The van der Waals surface area contributed by atoms with Gasteiger partial charge in [-0.05, 0) is 104 Å². The predicted molar refractivity (Wildman–Crippen MR) is 149 cm³/mol. The SMILES string of the molecule is Cc1ccc(CN2C(=O)S/C(=C\c3cc(C)n(-c4ccc(Oc5ccc(C#N)cc5)cc4)c3C)C2=O)cc1. The van der Waals surface area contributed by atoms with Crippen LogP contribution in [0.1, 0.15) is 33.6 Å². The van der Waals surface area contributed by atoms with E-state index in [4.69, 9.17) is 10.00 Å². The molecular formula is C31H25N3O3S. The van der Waals surface area contributed by atoms with Crippen molar-refractivity contribution in [3.05, 3.63) is 117 Å². The molecule has 6 nitrogen and oxygen atoms in total. The first-order chi connectivity index (χ1) is 18.3. The Hall–Kier alpha value is -4.54. The van der Waals surface area contributed by atoms with Gasteiger partial charge in [-0.2, -0.15) is 5.26 Å². The van der Waals surface area contributed by atoms with Crippen molar-refractivity contribution in [1.82, 2.24) is 9.47 Å². The largest absolute Gasteiger partial charge is 0.457 e. The van der Waals surface area contributed by atoms with Gasteiger partial charge in [0.05, 0.1) is 23.1 Å². The highest BCUT2D eigenvalue weighted by molar-refractivity contribution is 8.18. The molecule has 7 heteroatoms. The zero-order chi connectivity index (χ0) is 26.8. The van der Waals surface area contributed by atoms with Gasteiger partial charge in [0.1, 0.15) is 11.5 Å². The van der Waals surface area contributed by atoms with Crippen molar-refractivity contribution in [1.29, 1.82) is 5.26 Å². The number of carbonyl (C=O) groups excluding carboxylic acids is 2. The smallest absolute Gasteiger partial charge is 0.293 e. The number of amides is 2. The molecule has 0 N–H and O–H groups in total. The zero-order valence-corrected chi connectivity index (χ0v) is 22.1. The van der Waals surface area contributed by atoms with Crippen LogP contribution in [-0.4, -0.2) is 20.6 Å². The number of aromatic nitrogens is 1. The highest BCUT2D eigenvalue weighted by atomic mass is 32.2. The van der Waals surface area contributed by atoms with Crippen LogP contribution in [0.4, 0.5) is 4.79 Å². The first kappa shape index (κ1) is 25.1. The summed E-state index contributed by atoms with van der Waals surface area (Å²) in [6.45, 7) is 6.27. The Morgan fingerprint density at radius 3 is 2.16 bits per heavy atom. The van der Waals surface area contributed by atoms with Crippen LogP contribution in [0.3, 0.4) is 0 Å². The average molecular weight is 520 g/mol. The molecule has 1 fully saturated rings. The third kappa shape index (κ3) is 5.13. The van der Waals surface area contributed by atoms with Crippen molar-refractivity contribution in [3.8, 4) is 23.3 Å². The van der Waals surface area contributed by atoms with Gasteiger partial charge >= 0.3 is 0 Å². The third-order valence-electron chi connectivity index (χ3n) is 6.41. The first-order valence-corrected chi connectivity index (χ1v) is 12.9. The molecule has 0 spiro atoms. The Bertz CT molecular complexity index is 1590. The van der Waals surface area contributed by atoms with Gasteiger partial charge in [0.15, 0.2) is 0 Å². The molecule has 38 heavy (non-hydrogen) atoms. The summed E-state index contributed by atoms with van der Waals surface area (Å²) in [7, 11) is 0. The summed E-state index contributed by atoms with van der Waals surface area (Å²) in [5, 5.41) is 8.69. The van der Waals surface area contributed by atoms with Crippen molar-refractivity contribution >= 4 is 29.0 Å². The normalized spacial score (nSPS) is 14.3. The second-order valence-electron chi connectivity index (χ2n) is 9.15. The number of aryl methyl sites for hydroxylation is 2. The van der Waals surface area contributed by atoms with Crippen molar-refractivity contribution in [2.45, 2.75) is 27.3 Å². The van der Waals surface area contributed by atoms with Gasteiger partial charge in [-0.1, -0.05) is 29.8 Å². The highest BCUT2D eigenvalue weighted by Crippen LogP contribution is 2.35. The maximum absolute atomic E-state index is 13.1. The molecule has 1 aromatic heterocycles. The van der Waals surface area contributed by atoms with Crippen LogP contribution in [0.5, 0.6) is 11.5 Å². The van der Waals surface area contributed by atoms with E-state index in [1.807, 2.05) is 75.4 Å². The molecule has 0 aliphatic carbocycles. The fourth-order valence-electron chi connectivity index (χ4n) is 4.38. The summed E-state index contributed by atoms with van der Waals surface area (Å²) in [6.07, 6.45) is 1.81. The van der Waals surface area contributed by atoms with Crippen molar-refractivity contribution in [2.24, 2.45) is 0 Å². The van der Waals surface area contributed by atoms with Gasteiger partial charge in [-0.25, -0.2) is 0 Å². The minimum Gasteiger partial charge on any atom is -0.457 e. The second-order valence-corrected chi connectivity index (χ2v) is 10.1. The van der Waals surface area contributed by atoms with Gasteiger partial charge in [-0.3, -0.25) is 14.5 Å². The molecule has 188 valence electrons. The summed E-state index contributed by atoms with van der Waals surface area (Å²) in [6, 6.07) is 26.6. The topological polar surface area (TPSA) is 75.3 Å². The van der Waals surface area contributed by atoms with Gasteiger partial charge in [0, 0.05) is 17.1 Å². The second kappa shape index (κ2) is 10.4. The number of hydrogen-bond donors (Lipinski definition) is 0. The van der Waals surface area contributed by atoms with E-state index in [1.54, 1.807) is 30.3 Å². The van der Waals surface area contributed by atoms with E-state index in [0.717, 1.165) is 45.5 Å². The number of benzene rings is 3. The van der Waals surface area contributed by atoms with Crippen molar-refractivity contribution < 1.29 is 14.3 Å². The van der Waals surface area contributed by atoms with Crippen LogP contribution >= 0.6 is 11.8 Å². The molecule has 0 saturated carbocycles. The number of rotatable bonds is 6. The minimum atomic E-state index is -0.269. The minimum absolute atomic E-state index is 0.256. The van der Waals surface area contributed by atoms with Gasteiger partial charge < -0.3 is 9.30 Å². The van der Waals surface area contributed by atoms with E-state index in [2.05, 4.69) is 10.6 Å². The Morgan fingerprint density at radius 1 is 0.895 bits per heavy atom. The number of ether oxygens (including phenoxy) is 1. The molecule has 1 aliphatic rings. The molecule has 0 radical (unpaired) electrons. The van der Waals surface area contributed by atoms with E-state index in [0.29, 0.717) is 22.0 Å². The molecule has 0 unspecified atom stereocenters. The van der Waals surface area contributed by atoms with E-state index in [9.17, 15) is 9.59 Å². The van der Waals surface area contributed by atoms with Crippen molar-refractivity contribution in [3.63, 3.8) is 0 Å². The lowest BCUT2D eigenvalue weighted by Crippen LogP contribution is -2.27.